The van der Waals surface area contributed by atoms with Crippen LogP contribution in [0, 0.1) is 50.7 Å². The number of phenols is 1. The second-order valence-corrected chi connectivity index (χ2v) is 19.8. The van der Waals surface area contributed by atoms with Crippen molar-refractivity contribution >= 4 is 17.7 Å². The highest BCUT2D eigenvalue weighted by atomic mass is 16.7. The second kappa shape index (κ2) is 11.9. The lowest BCUT2D eigenvalue weighted by molar-refractivity contribution is -0.192. The highest BCUT2D eigenvalue weighted by Gasteiger charge is 2.85. The van der Waals surface area contributed by atoms with Gasteiger partial charge in [0.2, 0.25) is 5.79 Å². The van der Waals surface area contributed by atoms with Crippen molar-refractivity contribution in [2.75, 3.05) is 13.2 Å². The first-order valence-corrected chi connectivity index (χ1v) is 20.7. The average Bonchev–Trinajstić information content (AvgIpc) is 3.37. The third-order valence-corrected chi connectivity index (χ3v) is 16.9. The largest absolute Gasteiger partial charge is 0.508 e. The fourth-order valence-corrected chi connectivity index (χ4v) is 14.2. The van der Waals surface area contributed by atoms with Crippen LogP contribution in [0.5, 0.6) is 5.75 Å². The molecule has 0 unspecified atom stereocenters. The van der Waals surface area contributed by atoms with Crippen molar-refractivity contribution in [3.8, 4) is 5.75 Å². The SMILES string of the molecule is C[C@]1(OC(=O)C[C@@H](O)c2ccc(O)cc2)CO[C@@]2(C[C@@H]([C@@H]3CC[C@]45C[C@]34C=C[C@@H]3[C@@]4(C)CC=C6C[C@@H](c7ccccc7)OC[C@]6(C)[C@@H]4CC(=O)[C@]35C)C(=O)O2)C1. The van der Waals surface area contributed by atoms with Gasteiger partial charge in [-0.05, 0) is 96.3 Å². The molecule has 0 radical (unpaired) electrons. The third kappa shape index (κ3) is 4.86. The van der Waals surface area contributed by atoms with E-state index in [0.29, 0.717) is 30.8 Å². The first-order chi connectivity index (χ1) is 26.6. The third-order valence-electron chi connectivity index (χ3n) is 16.9. The minimum Gasteiger partial charge on any atom is -0.508 e. The van der Waals surface area contributed by atoms with Crippen molar-refractivity contribution in [1.82, 2.24) is 0 Å². The molecule has 9 heteroatoms. The highest BCUT2D eigenvalue weighted by molar-refractivity contribution is 5.90. The van der Waals surface area contributed by atoms with Crippen LogP contribution in [0.1, 0.15) is 109 Å². The Labute approximate surface area is 328 Å². The summed E-state index contributed by atoms with van der Waals surface area (Å²) in [7, 11) is 0. The lowest BCUT2D eigenvalue weighted by Gasteiger charge is -2.64. The topological polar surface area (TPSA) is 129 Å². The number of hydrogen-bond donors (Lipinski definition) is 2. The standard InChI is InChI=1S/C47H54O9/c1-41(55-39(51)21-34(49)28-10-12-31(48)13-11-28)24-47(54-26-41)23-32(40(52)56-47)33-15-19-46-25-45(33,46)18-16-36-42(2)17-14-30-20-35(29-8-6-5-7-9-29)53-27-43(30,3)37(42)22-38(50)44(36,46)4/h5-14,16,18,32-37,48-49H,15,17,19-27H2,1-4H3/t32-,33-,34+,35-,36+,37+,41+,42+,43-,44-,45+,46+,47+/m0/s1. The molecule has 13 atom stereocenters. The van der Waals surface area contributed by atoms with Crippen LogP contribution < -0.4 is 0 Å². The maximum atomic E-state index is 15.0. The van der Waals surface area contributed by atoms with Crippen LogP contribution >= 0.6 is 0 Å². The van der Waals surface area contributed by atoms with Gasteiger partial charge in [-0.15, -0.1) is 0 Å². The fraction of sp³-hybridized carbons (Fsp3) is 0.596. The maximum absolute atomic E-state index is 15.0. The van der Waals surface area contributed by atoms with E-state index < -0.39 is 28.9 Å². The van der Waals surface area contributed by atoms with Gasteiger partial charge in [0.15, 0.2) is 0 Å². The molecule has 5 aliphatic carbocycles. The number of aromatic hydroxyl groups is 1. The van der Waals surface area contributed by atoms with Crippen LogP contribution in [-0.4, -0.2) is 52.5 Å². The van der Waals surface area contributed by atoms with Crippen LogP contribution in [0.25, 0.3) is 0 Å². The van der Waals surface area contributed by atoms with Gasteiger partial charge in [0.1, 0.15) is 17.1 Å². The number of esters is 2. The number of ether oxygens (including phenoxy) is 4. The molecular formula is C47H54O9. The molecule has 0 aromatic heterocycles. The summed E-state index contributed by atoms with van der Waals surface area (Å²) >= 11 is 0. The van der Waals surface area contributed by atoms with Crippen molar-refractivity contribution in [2.45, 2.75) is 109 Å². The predicted molar refractivity (Wildman–Crippen MR) is 204 cm³/mol. The number of rotatable bonds is 6. The van der Waals surface area contributed by atoms with Crippen LogP contribution in [0.2, 0.25) is 0 Å². The Kier molecular flexibility index (Phi) is 7.76. The highest BCUT2D eigenvalue weighted by Crippen LogP contribution is 2.89. The molecule has 0 amide bonds. The summed E-state index contributed by atoms with van der Waals surface area (Å²) in [4.78, 5) is 41.9. The Morgan fingerprint density at radius 1 is 0.982 bits per heavy atom. The maximum Gasteiger partial charge on any atom is 0.312 e. The number of aliphatic hydroxyl groups excluding tert-OH is 1. The summed E-state index contributed by atoms with van der Waals surface area (Å²) in [5.74, 6) is -1.64. The van der Waals surface area contributed by atoms with E-state index in [1.807, 2.05) is 6.07 Å². The Hall–Kier alpha value is -3.79. The Morgan fingerprint density at radius 2 is 1.75 bits per heavy atom. The molecule has 2 aromatic rings. The molecule has 8 aliphatic rings. The number of carbonyl (C=O) groups excluding carboxylic acids is 3. The number of phenolic OH excluding ortho intramolecular Hbond substituents is 1. The predicted octanol–water partition coefficient (Wildman–Crippen LogP) is 7.87. The van der Waals surface area contributed by atoms with E-state index in [0.717, 1.165) is 32.1 Å². The molecule has 296 valence electrons. The average molecular weight is 763 g/mol. The molecule has 2 aromatic carbocycles. The van der Waals surface area contributed by atoms with E-state index in [1.54, 1.807) is 19.1 Å². The van der Waals surface area contributed by atoms with Gasteiger partial charge in [-0.3, -0.25) is 14.4 Å². The van der Waals surface area contributed by atoms with Crippen molar-refractivity contribution < 1.29 is 43.5 Å². The summed E-state index contributed by atoms with van der Waals surface area (Å²) < 4.78 is 24.9. The molecule has 9 nitrogen and oxygen atoms in total. The van der Waals surface area contributed by atoms with Gasteiger partial charge in [-0.25, -0.2) is 0 Å². The lowest BCUT2D eigenvalue weighted by Crippen LogP contribution is -2.63. The van der Waals surface area contributed by atoms with Crippen LogP contribution in [-0.2, 0) is 33.3 Å². The molecule has 3 saturated carbocycles. The number of benzene rings is 2. The molecule has 0 bridgehead atoms. The molecule has 3 saturated heterocycles. The molecule has 6 fully saturated rings. The number of allylic oxidation sites excluding steroid dienone is 3. The second-order valence-electron chi connectivity index (χ2n) is 19.8. The number of ketones is 1. The van der Waals surface area contributed by atoms with Crippen LogP contribution in [0.3, 0.4) is 0 Å². The van der Waals surface area contributed by atoms with Crippen molar-refractivity contribution in [2.24, 2.45) is 50.7 Å². The van der Waals surface area contributed by atoms with Crippen molar-refractivity contribution in [3.63, 3.8) is 0 Å². The van der Waals surface area contributed by atoms with Gasteiger partial charge in [-0.2, -0.15) is 0 Å². The van der Waals surface area contributed by atoms with E-state index in [-0.39, 0.29) is 82.6 Å². The molecule has 10 rings (SSSR count). The van der Waals surface area contributed by atoms with Gasteiger partial charge in [0.25, 0.3) is 0 Å². The number of carbonyl (C=O) groups is 3. The fourth-order valence-electron chi connectivity index (χ4n) is 14.2. The van der Waals surface area contributed by atoms with Gasteiger partial charge >= 0.3 is 11.9 Å². The van der Waals surface area contributed by atoms with Gasteiger partial charge in [-0.1, -0.05) is 87.0 Å². The number of fused-ring (bicyclic) bond motifs is 5. The lowest BCUT2D eigenvalue weighted by atomic mass is 9.39. The summed E-state index contributed by atoms with van der Waals surface area (Å²) in [6.45, 7) is 9.53. The minimum absolute atomic E-state index is 0.0386. The van der Waals surface area contributed by atoms with E-state index in [1.165, 1.54) is 23.3 Å². The Balaban J connectivity index is 0.862. The van der Waals surface area contributed by atoms with Crippen LogP contribution in [0.4, 0.5) is 0 Å². The minimum atomic E-state index is -1.18. The van der Waals surface area contributed by atoms with Gasteiger partial charge < -0.3 is 29.2 Å². The zero-order chi connectivity index (χ0) is 39.1. The molecule has 2 N–H and O–H groups in total. The van der Waals surface area contributed by atoms with E-state index in [4.69, 9.17) is 18.9 Å². The van der Waals surface area contributed by atoms with Crippen molar-refractivity contribution in [1.29, 1.82) is 0 Å². The van der Waals surface area contributed by atoms with Gasteiger partial charge in [0, 0.05) is 23.7 Å². The Bertz CT molecular complexity index is 2060. The van der Waals surface area contributed by atoms with Crippen molar-refractivity contribution in [3.05, 3.63) is 89.5 Å². The molecular weight excluding hydrogens is 709 g/mol. The quantitative estimate of drug-likeness (QED) is 0.223. The van der Waals surface area contributed by atoms with E-state index in [9.17, 15) is 24.6 Å². The van der Waals surface area contributed by atoms with E-state index in [2.05, 4.69) is 63.3 Å². The number of Topliss-reactive ketones (excluding diaryl/α,β-unsaturated/α-hetero) is 1. The molecule has 56 heavy (non-hydrogen) atoms. The molecule has 3 aliphatic heterocycles. The number of aliphatic hydroxyl groups is 1. The van der Waals surface area contributed by atoms with Gasteiger partial charge in [0.05, 0.1) is 44.2 Å². The Morgan fingerprint density at radius 3 is 2.52 bits per heavy atom. The first kappa shape index (κ1) is 36.5. The first-order valence-electron chi connectivity index (χ1n) is 20.7. The summed E-state index contributed by atoms with van der Waals surface area (Å²) in [5.41, 5.74) is 0.884. The smallest absolute Gasteiger partial charge is 0.312 e. The molecule has 1 spiro atoms. The summed E-state index contributed by atoms with van der Waals surface area (Å²) in [6, 6.07) is 16.5. The monoisotopic (exact) mass is 762 g/mol. The van der Waals surface area contributed by atoms with E-state index >= 15 is 0 Å². The zero-order valence-corrected chi connectivity index (χ0v) is 32.9. The summed E-state index contributed by atoms with van der Waals surface area (Å²) in [5, 5.41) is 20.2. The normalized spacial score (nSPS) is 46.2. The summed E-state index contributed by atoms with van der Waals surface area (Å²) in [6.07, 6.45) is 11.7. The zero-order valence-electron chi connectivity index (χ0n) is 32.9. The van der Waals surface area contributed by atoms with Crippen LogP contribution in [0.15, 0.2) is 78.4 Å². The molecule has 3 heterocycles. The number of hydrogen-bond acceptors (Lipinski definition) is 9.